The number of rotatable bonds is 4. The average molecular weight is 275 g/mol. The fourth-order valence-corrected chi connectivity index (χ4v) is 2.97. The number of carbonyl (C=O) groups is 1. The molecule has 0 atom stereocenters. The predicted molar refractivity (Wildman–Crippen MR) is 74.0 cm³/mol. The normalized spacial score (nSPS) is 16.1. The lowest BCUT2D eigenvalue weighted by Gasteiger charge is -2.17. The Morgan fingerprint density at radius 2 is 2.05 bits per heavy atom. The molecule has 0 bridgehead atoms. The number of carbonyl (C=O) groups excluding carboxylic acids is 1. The van der Waals surface area contributed by atoms with Gasteiger partial charge in [-0.2, -0.15) is 0 Å². The van der Waals surface area contributed by atoms with Gasteiger partial charge >= 0.3 is 0 Å². The summed E-state index contributed by atoms with van der Waals surface area (Å²) in [5.74, 6) is -0.247. The molecule has 1 saturated carbocycles. The Balaban J connectivity index is 1.70. The van der Waals surface area contributed by atoms with Crippen LogP contribution >= 0.6 is 11.3 Å². The molecule has 98 valence electrons. The second kappa shape index (κ2) is 4.78. The highest BCUT2D eigenvalue weighted by Crippen LogP contribution is 2.48. The van der Waals surface area contributed by atoms with Crippen LogP contribution in [0.5, 0.6) is 0 Å². The first-order chi connectivity index (χ1) is 9.21. The van der Waals surface area contributed by atoms with E-state index >= 15 is 0 Å². The van der Waals surface area contributed by atoms with E-state index in [4.69, 9.17) is 0 Å². The highest BCUT2D eigenvalue weighted by atomic mass is 32.1. The molecule has 0 unspecified atom stereocenters. The van der Waals surface area contributed by atoms with Crippen molar-refractivity contribution >= 4 is 17.2 Å². The molecule has 2 aromatic rings. The molecular formula is C15H14FNOS. The lowest BCUT2D eigenvalue weighted by Crippen LogP contribution is -2.32. The number of amides is 1. The first-order valence-electron chi connectivity index (χ1n) is 6.28. The van der Waals surface area contributed by atoms with Crippen LogP contribution in [-0.4, -0.2) is 12.5 Å². The minimum absolute atomic E-state index is 0.0717. The van der Waals surface area contributed by atoms with Crippen LogP contribution in [-0.2, 0) is 5.41 Å². The zero-order chi connectivity index (χ0) is 13.3. The SMILES string of the molecule is O=C(NCC1(c2ccccc2F)CC1)c1cccs1. The Labute approximate surface area is 115 Å². The molecule has 4 heteroatoms. The van der Waals surface area contributed by atoms with E-state index in [2.05, 4.69) is 5.32 Å². The van der Waals surface area contributed by atoms with E-state index in [1.54, 1.807) is 12.1 Å². The van der Waals surface area contributed by atoms with E-state index in [0.29, 0.717) is 11.4 Å². The summed E-state index contributed by atoms with van der Waals surface area (Å²) in [5, 5.41) is 4.79. The average Bonchev–Trinajstić information content (AvgIpc) is 3.00. The standard InChI is InChI=1S/C15H14FNOS/c16-12-5-2-1-4-11(12)15(7-8-15)10-17-14(18)13-6-3-9-19-13/h1-6,9H,7-8,10H2,(H,17,18). The summed E-state index contributed by atoms with van der Waals surface area (Å²) in [7, 11) is 0. The third-order valence-electron chi connectivity index (χ3n) is 3.63. The third kappa shape index (κ3) is 2.40. The van der Waals surface area contributed by atoms with Gasteiger partial charge < -0.3 is 5.32 Å². The van der Waals surface area contributed by atoms with Crippen molar-refractivity contribution in [2.24, 2.45) is 0 Å². The van der Waals surface area contributed by atoms with Crippen molar-refractivity contribution in [2.45, 2.75) is 18.3 Å². The first kappa shape index (κ1) is 12.4. The summed E-state index contributed by atoms with van der Waals surface area (Å²) in [4.78, 5) is 12.6. The van der Waals surface area contributed by atoms with Crippen molar-refractivity contribution in [2.75, 3.05) is 6.54 Å². The molecule has 1 amide bonds. The van der Waals surface area contributed by atoms with Crippen LogP contribution in [0, 0.1) is 5.82 Å². The van der Waals surface area contributed by atoms with E-state index < -0.39 is 0 Å². The lowest BCUT2D eigenvalue weighted by atomic mass is 9.95. The van der Waals surface area contributed by atoms with Crippen molar-refractivity contribution in [1.82, 2.24) is 5.32 Å². The molecule has 0 aliphatic heterocycles. The van der Waals surface area contributed by atoms with Crippen molar-refractivity contribution < 1.29 is 9.18 Å². The number of halogens is 1. The molecule has 2 nitrogen and oxygen atoms in total. The second-order valence-electron chi connectivity index (χ2n) is 4.92. The van der Waals surface area contributed by atoms with Crippen LogP contribution in [0.15, 0.2) is 41.8 Å². The molecule has 1 fully saturated rings. The maximum atomic E-state index is 13.8. The molecule has 1 aromatic carbocycles. The first-order valence-corrected chi connectivity index (χ1v) is 7.16. The maximum Gasteiger partial charge on any atom is 0.261 e. The number of thiophene rings is 1. The summed E-state index contributed by atoms with van der Waals surface area (Å²) < 4.78 is 13.8. The van der Waals surface area contributed by atoms with Crippen LogP contribution in [0.2, 0.25) is 0 Å². The number of nitrogens with one attached hydrogen (secondary N) is 1. The summed E-state index contributed by atoms with van der Waals surface area (Å²) in [5.41, 5.74) is 0.527. The molecule has 1 aliphatic rings. The van der Waals surface area contributed by atoms with E-state index in [-0.39, 0.29) is 17.1 Å². The molecular weight excluding hydrogens is 261 g/mol. The molecule has 0 spiro atoms. The molecule has 1 heterocycles. The topological polar surface area (TPSA) is 29.1 Å². The van der Waals surface area contributed by atoms with Gasteiger partial charge in [0.1, 0.15) is 5.82 Å². The van der Waals surface area contributed by atoms with Crippen molar-refractivity contribution in [3.63, 3.8) is 0 Å². The van der Waals surface area contributed by atoms with Gasteiger partial charge in [0.2, 0.25) is 0 Å². The zero-order valence-electron chi connectivity index (χ0n) is 10.4. The zero-order valence-corrected chi connectivity index (χ0v) is 11.2. The fraction of sp³-hybridized carbons (Fsp3) is 0.267. The molecule has 19 heavy (non-hydrogen) atoms. The summed E-state index contributed by atoms with van der Waals surface area (Å²) in [6.45, 7) is 0.505. The predicted octanol–water partition coefficient (Wildman–Crippen LogP) is 3.35. The van der Waals surface area contributed by atoms with Crippen LogP contribution in [0.25, 0.3) is 0 Å². The fourth-order valence-electron chi connectivity index (χ4n) is 2.33. The largest absolute Gasteiger partial charge is 0.350 e. The molecule has 1 aromatic heterocycles. The van der Waals surface area contributed by atoms with Crippen LogP contribution < -0.4 is 5.32 Å². The Morgan fingerprint density at radius 1 is 1.26 bits per heavy atom. The minimum Gasteiger partial charge on any atom is -0.350 e. The Hall–Kier alpha value is -1.68. The molecule has 0 saturated heterocycles. The Bertz CT molecular complexity index is 590. The number of hydrogen-bond acceptors (Lipinski definition) is 2. The summed E-state index contributed by atoms with van der Waals surface area (Å²) in [6, 6.07) is 10.5. The maximum absolute atomic E-state index is 13.8. The smallest absolute Gasteiger partial charge is 0.261 e. The number of benzene rings is 1. The Kier molecular flexibility index (Phi) is 3.11. The van der Waals surface area contributed by atoms with E-state index in [1.807, 2.05) is 23.6 Å². The van der Waals surface area contributed by atoms with Gasteiger partial charge in [-0.3, -0.25) is 4.79 Å². The number of hydrogen-bond donors (Lipinski definition) is 1. The van der Waals surface area contributed by atoms with Gasteiger partial charge in [0.15, 0.2) is 0 Å². The molecule has 1 aliphatic carbocycles. The van der Waals surface area contributed by atoms with Crippen molar-refractivity contribution in [3.8, 4) is 0 Å². The second-order valence-corrected chi connectivity index (χ2v) is 5.87. The minimum atomic E-state index is -0.196. The van der Waals surface area contributed by atoms with Crippen LogP contribution in [0.1, 0.15) is 28.1 Å². The van der Waals surface area contributed by atoms with Gasteiger partial charge in [-0.05, 0) is 35.9 Å². The third-order valence-corrected chi connectivity index (χ3v) is 4.50. The quantitative estimate of drug-likeness (QED) is 0.911. The van der Waals surface area contributed by atoms with Gasteiger partial charge in [-0.25, -0.2) is 4.39 Å². The van der Waals surface area contributed by atoms with Gasteiger partial charge in [-0.15, -0.1) is 11.3 Å². The molecule has 1 N–H and O–H groups in total. The van der Waals surface area contributed by atoms with E-state index in [9.17, 15) is 9.18 Å². The van der Waals surface area contributed by atoms with Gasteiger partial charge in [0, 0.05) is 12.0 Å². The van der Waals surface area contributed by atoms with Crippen LogP contribution in [0.3, 0.4) is 0 Å². The highest BCUT2D eigenvalue weighted by Gasteiger charge is 2.46. The molecule has 3 rings (SSSR count). The lowest BCUT2D eigenvalue weighted by molar-refractivity contribution is 0.0953. The van der Waals surface area contributed by atoms with Crippen molar-refractivity contribution in [1.29, 1.82) is 0 Å². The van der Waals surface area contributed by atoms with Gasteiger partial charge in [0.25, 0.3) is 5.91 Å². The molecule has 0 radical (unpaired) electrons. The monoisotopic (exact) mass is 275 g/mol. The Morgan fingerprint density at radius 3 is 2.68 bits per heavy atom. The van der Waals surface area contributed by atoms with Crippen molar-refractivity contribution in [3.05, 3.63) is 58.0 Å². The van der Waals surface area contributed by atoms with Gasteiger partial charge in [-0.1, -0.05) is 24.3 Å². The van der Waals surface area contributed by atoms with Gasteiger partial charge in [0.05, 0.1) is 4.88 Å². The summed E-state index contributed by atoms with van der Waals surface area (Å²) >= 11 is 1.41. The van der Waals surface area contributed by atoms with E-state index in [0.717, 1.165) is 18.4 Å². The van der Waals surface area contributed by atoms with Crippen LogP contribution in [0.4, 0.5) is 4.39 Å². The highest BCUT2D eigenvalue weighted by molar-refractivity contribution is 7.12. The summed E-state index contributed by atoms with van der Waals surface area (Å²) in [6.07, 6.45) is 1.86. The van der Waals surface area contributed by atoms with E-state index in [1.165, 1.54) is 17.4 Å².